The Morgan fingerprint density at radius 1 is 1.18 bits per heavy atom. The molecule has 0 atom stereocenters. The van der Waals surface area contributed by atoms with Crippen molar-refractivity contribution < 1.29 is 5.11 Å². The van der Waals surface area contributed by atoms with Gasteiger partial charge in [0.15, 0.2) is 0 Å². The molecule has 0 radical (unpaired) electrons. The number of aliphatic hydroxyl groups excluding tert-OH is 1. The van der Waals surface area contributed by atoms with Crippen LogP contribution in [0.15, 0.2) is 71.8 Å². The fraction of sp³-hybridized carbons (Fsp3) is 0.261. The van der Waals surface area contributed by atoms with E-state index >= 15 is 0 Å². The molecule has 3 N–H and O–H groups in total. The van der Waals surface area contributed by atoms with Gasteiger partial charge in [-0.05, 0) is 42.2 Å². The molecular weight excluding hydrogens is 350 g/mol. The van der Waals surface area contributed by atoms with E-state index in [-0.39, 0.29) is 12.2 Å². The molecule has 0 aliphatic carbocycles. The van der Waals surface area contributed by atoms with Crippen LogP contribution in [0.1, 0.15) is 30.5 Å². The summed E-state index contributed by atoms with van der Waals surface area (Å²) in [5, 5.41) is 15.3. The van der Waals surface area contributed by atoms with E-state index in [1.54, 1.807) is 17.8 Å². The molecule has 0 spiro atoms. The molecular formula is C23H29N3O2. The van der Waals surface area contributed by atoms with Crippen molar-refractivity contribution in [2.24, 2.45) is 7.05 Å². The molecule has 0 bridgehead atoms. The topological polar surface area (TPSA) is 66.3 Å². The maximum atomic E-state index is 12.6. The van der Waals surface area contributed by atoms with Gasteiger partial charge in [0.25, 0.3) is 5.56 Å². The maximum Gasteiger partial charge on any atom is 0.259 e. The summed E-state index contributed by atoms with van der Waals surface area (Å²) in [5.74, 6) is 0. The molecule has 0 unspecified atom stereocenters. The summed E-state index contributed by atoms with van der Waals surface area (Å²) in [6, 6.07) is 11.8. The Hall–Kier alpha value is -2.89. The number of nitrogens with one attached hydrogen (secondary N) is 2. The van der Waals surface area contributed by atoms with E-state index < -0.39 is 0 Å². The van der Waals surface area contributed by atoms with Crippen molar-refractivity contribution in [1.82, 2.24) is 15.2 Å². The Morgan fingerprint density at radius 3 is 2.50 bits per heavy atom. The third kappa shape index (κ3) is 5.31. The number of aromatic nitrogens is 1. The molecule has 5 nitrogen and oxygen atoms in total. The standard InChI is InChI=1S/C23H29N3O2/c1-16(17(2)21-9-7-6-8-10-21)18(3)25-19(4)22-13-20(14-24-11-12-27)15-26(5)23(22)28/h6-10,13,15,24-25,27H,2,4,11-12,14H2,1,3,5H3/b18-16+. The van der Waals surface area contributed by atoms with Crippen molar-refractivity contribution >= 4 is 11.3 Å². The molecule has 0 fully saturated rings. The van der Waals surface area contributed by atoms with Crippen LogP contribution in [0, 0.1) is 0 Å². The van der Waals surface area contributed by atoms with Crippen molar-refractivity contribution in [3.8, 4) is 0 Å². The van der Waals surface area contributed by atoms with E-state index in [1.165, 1.54) is 0 Å². The molecule has 1 aromatic carbocycles. The van der Waals surface area contributed by atoms with Crippen LogP contribution in [0.5, 0.6) is 0 Å². The predicted octanol–water partition coefficient (Wildman–Crippen LogP) is 3.03. The third-order valence-electron chi connectivity index (χ3n) is 4.66. The van der Waals surface area contributed by atoms with Gasteiger partial charge in [-0.1, -0.05) is 43.5 Å². The molecule has 1 aromatic heterocycles. The van der Waals surface area contributed by atoms with E-state index in [0.717, 1.165) is 28.0 Å². The summed E-state index contributed by atoms with van der Waals surface area (Å²) in [5.41, 5.74) is 5.77. The van der Waals surface area contributed by atoms with Crippen LogP contribution in [0.4, 0.5) is 0 Å². The van der Waals surface area contributed by atoms with E-state index in [1.807, 2.05) is 50.2 Å². The minimum atomic E-state index is -0.115. The first-order valence-corrected chi connectivity index (χ1v) is 9.24. The van der Waals surface area contributed by atoms with Crippen molar-refractivity contribution in [2.75, 3.05) is 13.2 Å². The van der Waals surface area contributed by atoms with E-state index in [9.17, 15) is 4.79 Å². The number of aryl methyl sites for hydroxylation is 1. The van der Waals surface area contributed by atoms with E-state index in [4.69, 9.17) is 5.11 Å². The molecule has 0 aliphatic heterocycles. The molecule has 2 aromatic rings. The van der Waals surface area contributed by atoms with Gasteiger partial charge in [0.1, 0.15) is 0 Å². The lowest BCUT2D eigenvalue weighted by molar-refractivity contribution is 0.292. The van der Waals surface area contributed by atoms with Crippen LogP contribution in [0.25, 0.3) is 11.3 Å². The smallest absolute Gasteiger partial charge is 0.259 e. The lowest BCUT2D eigenvalue weighted by atomic mass is 9.99. The first-order valence-electron chi connectivity index (χ1n) is 9.24. The second kappa shape index (κ2) is 9.88. The Kier molecular flexibility index (Phi) is 7.55. The Labute approximate surface area is 166 Å². The Morgan fingerprint density at radius 2 is 1.86 bits per heavy atom. The fourth-order valence-corrected chi connectivity index (χ4v) is 2.88. The number of allylic oxidation sites excluding steroid dienone is 3. The van der Waals surface area contributed by atoms with Gasteiger partial charge in [0, 0.05) is 37.7 Å². The Balaban J connectivity index is 2.23. The highest BCUT2D eigenvalue weighted by Crippen LogP contribution is 2.23. The second-order valence-corrected chi connectivity index (χ2v) is 6.78. The molecule has 5 heteroatoms. The van der Waals surface area contributed by atoms with E-state index in [2.05, 4.69) is 23.8 Å². The molecule has 28 heavy (non-hydrogen) atoms. The quantitative estimate of drug-likeness (QED) is 0.463. The van der Waals surface area contributed by atoms with Crippen LogP contribution in [0.2, 0.25) is 0 Å². The molecule has 148 valence electrons. The molecule has 0 saturated carbocycles. The largest absolute Gasteiger partial charge is 0.395 e. The molecule has 0 amide bonds. The SMILES string of the molecule is C=C(/C(C)=C(\C)NC(=C)c1cc(CNCCO)cn(C)c1=O)c1ccccc1. The zero-order chi connectivity index (χ0) is 20.7. The molecule has 0 saturated heterocycles. The van der Waals surface area contributed by atoms with Gasteiger partial charge in [-0.15, -0.1) is 0 Å². The summed E-state index contributed by atoms with van der Waals surface area (Å²) in [7, 11) is 1.72. The zero-order valence-electron chi connectivity index (χ0n) is 16.9. The van der Waals surface area contributed by atoms with Crippen molar-refractivity contribution in [1.29, 1.82) is 0 Å². The lowest BCUT2D eigenvalue weighted by Gasteiger charge is -2.16. The van der Waals surface area contributed by atoms with Gasteiger partial charge in [0.2, 0.25) is 0 Å². The molecule has 0 aliphatic rings. The average Bonchev–Trinajstić information content (AvgIpc) is 2.70. The van der Waals surface area contributed by atoms with Gasteiger partial charge in [-0.2, -0.15) is 0 Å². The molecule has 2 rings (SSSR count). The summed E-state index contributed by atoms with van der Waals surface area (Å²) < 4.78 is 1.55. The van der Waals surface area contributed by atoms with Crippen LogP contribution in [-0.2, 0) is 13.6 Å². The average molecular weight is 380 g/mol. The summed E-state index contributed by atoms with van der Waals surface area (Å²) >= 11 is 0. The van der Waals surface area contributed by atoms with Gasteiger partial charge in [-0.25, -0.2) is 0 Å². The minimum absolute atomic E-state index is 0.0709. The number of aliphatic hydroxyl groups is 1. The zero-order valence-corrected chi connectivity index (χ0v) is 16.9. The second-order valence-electron chi connectivity index (χ2n) is 6.78. The van der Waals surface area contributed by atoms with Gasteiger partial charge < -0.3 is 20.3 Å². The highest BCUT2D eigenvalue weighted by atomic mass is 16.3. The van der Waals surface area contributed by atoms with Crippen LogP contribution in [-0.4, -0.2) is 22.8 Å². The number of hydrogen-bond acceptors (Lipinski definition) is 4. The fourth-order valence-electron chi connectivity index (χ4n) is 2.88. The first-order chi connectivity index (χ1) is 13.3. The van der Waals surface area contributed by atoms with Crippen LogP contribution in [0.3, 0.4) is 0 Å². The molecule has 1 heterocycles. The number of benzene rings is 1. The van der Waals surface area contributed by atoms with Gasteiger partial charge in [-0.3, -0.25) is 4.79 Å². The normalized spacial score (nSPS) is 11.7. The van der Waals surface area contributed by atoms with Crippen molar-refractivity contribution in [3.63, 3.8) is 0 Å². The van der Waals surface area contributed by atoms with E-state index in [0.29, 0.717) is 24.4 Å². The van der Waals surface area contributed by atoms with Crippen molar-refractivity contribution in [3.05, 3.63) is 94.1 Å². The summed E-state index contributed by atoms with van der Waals surface area (Å²) in [4.78, 5) is 12.6. The summed E-state index contributed by atoms with van der Waals surface area (Å²) in [6.07, 6.45) is 1.79. The third-order valence-corrected chi connectivity index (χ3v) is 4.66. The van der Waals surface area contributed by atoms with Gasteiger partial charge >= 0.3 is 0 Å². The first kappa shape index (κ1) is 21.4. The summed E-state index contributed by atoms with van der Waals surface area (Å²) in [6.45, 7) is 13.3. The number of nitrogens with zero attached hydrogens (tertiary/aromatic N) is 1. The van der Waals surface area contributed by atoms with Gasteiger partial charge in [0.05, 0.1) is 12.2 Å². The lowest BCUT2D eigenvalue weighted by Crippen LogP contribution is -2.26. The highest BCUT2D eigenvalue weighted by molar-refractivity contribution is 5.78. The van der Waals surface area contributed by atoms with Crippen LogP contribution < -0.4 is 16.2 Å². The minimum Gasteiger partial charge on any atom is -0.395 e. The maximum absolute atomic E-state index is 12.6. The monoisotopic (exact) mass is 379 g/mol. The highest BCUT2D eigenvalue weighted by Gasteiger charge is 2.11. The van der Waals surface area contributed by atoms with Crippen molar-refractivity contribution in [2.45, 2.75) is 20.4 Å². The number of rotatable bonds is 9. The number of hydrogen-bond donors (Lipinski definition) is 3. The predicted molar refractivity (Wildman–Crippen MR) is 116 cm³/mol. The number of pyridine rings is 1. The Bertz CT molecular complexity index is 940. The van der Waals surface area contributed by atoms with Crippen LogP contribution >= 0.6 is 0 Å².